The second-order valence-electron chi connectivity index (χ2n) is 15.0. The predicted octanol–water partition coefficient (Wildman–Crippen LogP) is 5.45. The molecule has 4 saturated heterocycles. The van der Waals surface area contributed by atoms with E-state index in [1.54, 1.807) is 0 Å². The largest absolute Gasteiger partial charge is 0.338 e. The van der Waals surface area contributed by atoms with E-state index in [9.17, 15) is 0 Å². The molecular formula is C28H50O8. The van der Waals surface area contributed by atoms with E-state index in [-0.39, 0.29) is 0 Å². The Morgan fingerprint density at radius 2 is 0.444 bits per heavy atom. The van der Waals surface area contributed by atoms with Gasteiger partial charge in [-0.3, -0.25) is 0 Å². The van der Waals surface area contributed by atoms with E-state index < -0.39 is 69.0 Å². The van der Waals surface area contributed by atoms with Crippen LogP contribution in [0.5, 0.6) is 0 Å². The van der Waals surface area contributed by atoms with Crippen molar-refractivity contribution in [2.24, 2.45) is 0 Å². The number of ether oxygens (including phenoxy) is 8. The van der Waals surface area contributed by atoms with Gasteiger partial charge in [0.2, 0.25) is 12.6 Å². The lowest BCUT2D eigenvalue weighted by atomic mass is 9.90. The van der Waals surface area contributed by atoms with Gasteiger partial charge >= 0.3 is 0 Å². The van der Waals surface area contributed by atoms with Crippen LogP contribution in [-0.4, -0.2) is 69.0 Å². The fourth-order valence-electron chi connectivity index (χ4n) is 4.85. The Kier molecular flexibility index (Phi) is 5.77. The smallest absolute Gasteiger partial charge is 0.283 e. The fraction of sp³-hybridized carbons (Fsp3) is 1.00. The van der Waals surface area contributed by atoms with Crippen LogP contribution in [0.25, 0.3) is 0 Å². The summed E-state index contributed by atoms with van der Waals surface area (Å²) in [5.41, 5.74) is -5.70. The first kappa shape index (κ1) is 28.7. The van der Waals surface area contributed by atoms with Gasteiger partial charge in [-0.05, 0) is 111 Å². The van der Waals surface area contributed by atoms with Crippen molar-refractivity contribution in [3.63, 3.8) is 0 Å². The Bertz CT molecular complexity index is 773. The van der Waals surface area contributed by atoms with Crippen molar-refractivity contribution in [2.75, 3.05) is 0 Å². The monoisotopic (exact) mass is 514 g/mol. The van der Waals surface area contributed by atoms with Crippen molar-refractivity contribution in [3.05, 3.63) is 0 Å². The van der Waals surface area contributed by atoms with E-state index in [1.165, 1.54) is 0 Å². The summed E-state index contributed by atoms with van der Waals surface area (Å²) in [7, 11) is 0. The Morgan fingerprint density at radius 1 is 0.278 bits per heavy atom. The molecule has 0 aromatic rings. The molecule has 0 spiro atoms. The molecule has 0 N–H and O–H groups in total. The molecule has 0 radical (unpaired) electrons. The lowest BCUT2D eigenvalue weighted by Gasteiger charge is -2.48. The maximum absolute atomic E-state index is 6.96. The van der Waals surface area contributed by atoms with Gasteiger partial charge in [-0.1, -0.05) is 0 Å². The standard InChI is InChI=1S/C28H50O8/c1-19(2)20(3,4)30-17(29-19)27(33-23(9,10)24(11,12)34-27)28(35-25(13,14)26(15,16)36-28)18-31-21(5,6)22(7,8)32-18/h17-18H,1-16H3. The highest BCUT2D eigenvalue weighted by atomic mass is 16.9. The second kappa shape index (κ2) is 7.25. The zero-order valence-corrected chi connectivity index (χ0v) is 25.4. The van der Waals surface area contributed by atoms with Crippen LogP contribution in [-0.2, 0) is 37.9 Å². The summed E-state index contributed by atoms with van der Waals surface area (Å²) >= 11 is 0. The Morgan fingerprint density at radius 3 is 0.611 bits per heavy atom. The third kappa shape index (κ3) is 3.55. The van der Waals surface area contributed by atoms with Crippen molar-refractivity contribution in [1.82, 2.24) is 0 Å². The van der Waals surface area contributed by atoms with Gasteiger partial charge in [-0.25, -0.2) is 0 Å². The third-order valence-corrected chi connectivity index (χ3v) is 10.1. The molecule has 0 unspecified atom stereocenters. The molecular weight excluding hydrogens is 464 g/mol. The van der Waals surface area contributed by atoms with Gasteiger partial charge in [0.25, 0.3) is 11.6 Å². The van der Waals surface area contributed by atoms with Crippen molar-refractivity contribution in [1.29, 1.82) is 0 Å². The number of rotatable bonds is 3. The highest BCUT2D eigenvalue weighted by Gasteiger charge is 2.83. The summed E-state index contributed by atoms with van der Waals surface area (Å²) in [5, 5.41) is 0. The second-order valence-corrected chi connectivity index (χ2v) is 15.0. The minimum Gasteiger partial charge on any atom is -0.338 e. The lowest BCUT2D eigenvalue weighted by Crippen LogP contribution is -2.70. The van der Waals surface area contributed by atoms with E-state index >= 15 is 0 Å². The molecule has 36 heavy (non-hydrogen) atoms. The molecule has 4 fully saturated rings. The van der Waals surface area contributed by atoms with E-state index in [2.05, 4.69) is 0 Å². The van der Waals surface area contributed by atoms with Crippen LogP contribution in [0.1, 0.15) is 111 Å². The summed E-state index contributed by atoms with van der Waals surface area (Å²) in [5.74, 6) is -3.39. The maximum atomic E-state index is 6.96. The van der Waals surface area contributed by atoms with Crippen LogP contribution in [0, 0.1) is 0 Å². The van der Waals surface area contributed by atoms with Gasteiger partial charge in [0.05, 0.1) is 44.8 Å². The molecule has 8 nitrogen and oxygen atoms in total. The van der Waals surface area contributed by atoms with Crippen molar-refractivity contribution >= 4 is 0 Å². The van der Waals surface area contributed by atoms with Crippen LogP contribution in [0.2, 0.25) is 0 Å². The summed E-state index contributed by atoms with van der Waals surface area (Å²) in [4.78, 5) is 0. The number of hydrogen-bond acceptors (Lipinski definition) is 8. The summed E-state index contributed by atoms with van der Waals surface area (Å²) in [6, 6.07) is 0. The molecule has 0 bridgehead atoms. The summed E-state index contributed by atoms with van der Waals surface area (Å²) < 4.78 is 54.4. The Labute approximate surface area is 217 Å². The van der Waals surface area contributed by atoms with Crippen LogP contribution in [0.15, 0.2) is 0 Å². The van der Waals surface area contributed by atoms with Crippen LogP contribution in [0.3, 0.4) is 0 Å². The van der Waals surface area contributed by atoms with E-state index in [0.717, 1.165) is 0 Å². The molecule has 0 aromatic carbocycles. The zero-order chi connectivity index (χ0) is 27.8. The quantitative estimate of drug-likeness (QED) is 0.492. The Balaban J connectivity index is 1.98. The Hall–Kier alpha value is -0.320. The van der Waals surface area contributed by atoms with Gasteiger partial charge in [-0.15, -0.1) is 0 Å². The molecule has 210 valence electrons. The molecule has 0 atom stereocenters. The molecule has 0 amide bonds. The molecule has 0 saturated carbocycles. The van der Waals surface area contributed by atoms with Gasteiger partial charge in [0, 0.05) is 0 Å². The van der Waals surface area contributed by atoms with Gasteiger partial charge in [0.15, 0.2) is 0 Å². The first-order valence-corrected chi connectivity index (χ1v) is 13.2. The van der Waals surface area contributed by atoms with Gasteiger partial charge in [0.1, 0.15) is 0 Å². The summed E-state index contributed by atoms with van der Waals surface area (Å²) in [6.45, 7) is 31.9. The topological polar surface area (TPSA) is 73.8 Å². The van der Waals surface area contributed by atoms with Crippen molar-refractivity contribution < 1.29 is 37.9 Å². The lowest BCUT2D eigenvalue weighted by molar-refractivity contribution is -0.464. The van der Waals surface area contributed by atoms with Crippen LogP contribution in [0.4, 0.5) is 0 Å². The third-order valence-electron chi connectivity index (χ3n) is 10.1. The van der Waals surface area contributed by atoms with E-state index in [0.29, 0.717) is 0 Å². The molecule has 4 aliphatic heterocycles. The number of hydrogen-bond donors (Lipinski definition) is 0. The maximum Gasteiger partial charge on any atom is 0.283 e. The first-order chi connectivity index (χ1) is 15.7. The molecule has 0 aromatic heterocycles. The normalized spacial score (nSPS) is 36.3. The average molecular weight is 515 g/mol. The van der Waals surface area contributed by atoms with Crippen molar-refractivity contribution in [3.8, 4) is 0 Å². The molecule has 0 aliphatic carbocycles. The van der Waals surface area contributed by atoms with Crippen LogP contribution >= 0.6 is 0 Å². The van der Waals surface area contributed by atoms with Gasteiger partial charge in [-0.2, -0.15) is 0 Å². The van der Waals surface area contributed by atoms with Crippen LogP contribution < -0.4 is 0 Å². The zero-order valence-electron chi connectivity index (χ0n) is 25.4. The highest BCUT2D eigenvalue weighted by molar-refractivity contribution is 5.16. The predicted molar refractivity (Wildman–Crippen MR) is 134 cm³/mol. The minimum absolute atomic E-state index is 0.658. The minimum atomic E-state index is -1.70. The average Bonchev–Trinajstić information content (AvgIpc) is 3.15. The first-order valence-electron chi connectivity index (χ1n) is 13.2. The van der Waals surface area contributed by atoms with Gasteiger partial charge < -0.3 is 37.9 Å². The van der Waals surface area contributed by atoms with E-state index in [4.69, 9.17) is 37.9 Å². The van der Waals surface area contributed by atoms with E-state index in [1.807, 2.05) is 111 Å². The molecule has 4 aliphatic rings. The highest BCUT2D eigenvalue weighted by Crippen LogP contribution is 2.63. The summed E-state index contributed by atoms with van der Waals surface area (Å²) in [6.07, 6.45) is -2.01. The molecule has 8 heteroatoms. The van der Waals surface area contributed by atoms with Crippen molar-refractivity contribution in [2.45, 2.75) is 180 Å². The molecule has 4 rings (SSSR count). The molecule has 4 heterocycles. The SMILES string of the molecule is CC1(C)OC(C2(C3(C4OC(C)(C)C(C)(C)O4)OC(C)(C)C(C)(C)O3)OC(C)(C)C(C)(C)O2)OC1(C)C. The fourth-order valence-corrected chi connectivity index (χ4v) is 4.85.